The lowest BCUT2D eigenvalue weighted by Gasteiger charge is -2.34. The molecule has 1 saturated heterocycles. The number of hydrogen-bond donors (Lipinski definition) is 2. The molecule has 0 spiro atoms. The molecule has 0 aliphatic carbocycles. The fraction of sp³-hybridized carbons (Fsp3) is 0.667. The van der Waals surface area contributed by atoms with E-state index in [2.05, 4.69) is 71.6 Å². The van der Waals surface area contributed by atoms with E-state index in [0.717, 1.165) is 51.6 Å². The second-order valence-corrected chi connectivity index (χ2v) is 7.67. The third kappa shape index (κ3) is 9.76. The van der Waals surface area contributed by atoms with Gasteiger partial charge in [-0.3, -0.25) is 9.89 Å². The van der Waals surface area contributed by atoms with Gasteiger partial charge in [-0.25, -0.2) is 0 Å². The topological polar surface area (TPSA) is 48.9 Å². The predicted octanol–water partition coefficient (Wildman–Crippen LogP) is 3.15. The fourth-order valence-corrected chi connectivity index (χ4v) is 3.32. The number of nitrogens with zero attached hydrogens (tertiary/aromatic N) is 2. The lowest BCUT2D eigenvalue weighted by Crippen LogP contribution is -2.51. The molecule has 2 rings (SSSR count). The number of ether oxygens (including phenoxy) is 1. The third-order valence-electron chi connectivity index (χ3n) is 4.66. The van der Waals surface area contributed by atoms with Crippen LogP contribution in [0.2, 0.25) is 0 Å². The van der Waals surface area contributed by atoms with Crippen molar-refractivity contribution in [2.24, 2.45) is 10.9 Å². The molecule has 1 heterocycles. The highest BCUT2D eigenvalue weighted by molar-refractivity contribution is 14.0. The Balaban J connectivity index is 0.00000364. The van der Waals surface area contributed by atoms with Crippen molar-refractivity contribution in [1.29, 1.82) is 0 Å². The first-order valence-electron chi connectivity index (χ1n) is 9.92. The average Bonchev–Trinajstić information content (AvgIpc) is 2.64. The van der Waals surface area contributed by atoms with Crippen molar-refractivity contribution >= 4 is 29.9 Å². The predicted molar refractivity (Wildman–Crippen MR) is 125 cm³/mol. The summed E-state index contributed by atoms with van der Waals surface area (Å²) < 4.78 is 5.91. The van der Waals surface area contributed by atoms with Crippen LogP contribution in [0.1, 0.15) is 32.8 Å². The van der Waals surface area contributed by atoms with Gasteiger partial charge in [-0.2, -0.15) is 0 Å². The molecule has 27 heavy (non-hydrogen) atoms. The van der Waals surface area contributed by atoms with Crippen molar-refractivity contribution in [2.45, 2.75) is 45.8 Å². The van der Waals surface area contributed by atoms with Gasteiger partial charge in [0.15, 0.2) is 5.96 Å². The van der Waals surface area contributed by atoms with E-state index in [4.69, 9.17) is 4.74 Å². The Morgan fingerprint density at radius 3 is 2.67 bits per heavy atom. The summed E-state index contributed by atoms with van der Waals surface area (Å²) in [4.78, 5) is 6.86. The Labute approximate surface area is 182 Å². The number of guanidine groups is 1. The minimum absolute atomic E-state index is 0. The van der Waals surface area contributed by atoms with Gasteiger partial charge in [0.2, 0.25) is 0 Å². The molecule has 2 atom stereocenters. The van der Waals surface area contributed by atoms with Gasteiger partial charge in [-0.05, 0) is 31.2 Å². The largest absolute Gasteiger partial charge is 0.374 e. The van der Waals surface area contributed by atoms with Crippen LogP contribution in [0.15, 0.2) is 35.3 Å². The first-order chi connectivity index (χ1) is 12.6. The highest BCUT2D eigenvalue weighted by Gasteiger charge is 2.21. The molecule has 2 unspecified atom stereocenters. The number of nitrogens with one attached hydrogen (secondary N) is 2. The number of aliphatic imine (C=N–C) groups is 1. The van der Waals surface area contributed by atoms with Crippen molar-refractivity contribution < 1.29 is 4.74 Å². The minimum atomic E-state index is 0. The van der Waals surface area contributed by atoms with Gasteiger partial charge in [-0.15, -0.1) is 24.0 Å². The maximum absolute atomic E-state index is 5.91. The first-order valence-corrected chi connectivity index (χ1v) is 9.92. The van der Waals surface area contributed by atoms with Gasteiger partial charge < -0.3 is 15.4 Å². The summed E-state index contributed by atoms with van der Waals surface area (Å²) in [7, 11) is 1.83. The second kappa shape index (κ2) is 13.3. The summed E-state index contributed by atoms with van der Waals surface area (Å²) in [5.74, 6) is 1.55. The van der Waals surface area contributed by atoms with Gasteiger partial charge in [0, 0.05) is 39.3 Å². The standard InChI is InChI=1S/C21H36N4O.HI/c1-17(2)15-25-12-13-26-20(16-25)14-23-21(22-4)24-18(3)10-11-19-8-6-5-7-9-19;/h5-9,17-18,20H,10-16H2,1-4H3,(H2,22,23,24);1H. The first kappa shape index (κ1) is 24.2. The van der Waals surface area contributed by atoms with Crippen molar-refractivity contribution in [3.05, 3.63) is 35.9 Å². The Morgan fingerprint density at radius 2 is 2.00 bits per heavy atom. The molecule has 0 bridgehead atoms. The maximum Gasteiger partial charge on any atom is 0.191 e. The number of aryl methyl sites for hydroxylation is 1. The Kier molecular flexibility index (Phi) is 11.9. The molecule has 1 aliphatic heterocycles. The molecule has 0 saturated carbocycles. The van der Waals surface area contributed by atoms with E-state index >= 15 is 0 Å². The van der Waals surface area contributed by atoms with Crippen LogP contribution in [-0.4, -0.2) is 62.8 Å². The van der Waals surface area contributed by atoms with Crippen LogP contribution in [0.3, 0.4) is 0 Å². The summed E-state index contributed by atoms with van der Waals surface area (Å²) in [5.41, 5.74) is 1.38. The maximum atomic E-state index is 5.91. The van der Waals surface area contributed by atoms with Crippen molar-refractivity contribution in [3.8, 4) is 0 Å². The van der Waals surface area contributed by atoms with Crippen molar-refractivity contribution in [1.82, 2.24) is 15.5 Å². The van der Waals surface area contributed by atoms with E-state index in [0.29, 0.717) is 12.0 Å². The molecule has 0 radical (unpaired) electrons. The van der Waals surface area contributed by atoms with Crippen LogP contribution in [-0.2, 0) is 11.2 Å². The fourth-order valence-electron chi connectivity index (χ4n) is 3.32. The molecular weight excluding hydrogens is 451 g/mol. The normalized spacial score (nSPS) is 19.4. The molecule has 6 heteroatoms. The summed E-state index contributed by atoms with van der Waals surface area (Å²) in [6.07, 6.45) is 2.37. The van der Waals surface area contributed by atoms with Gasteiger partial charge in [0.1, 0.15) is 0 Å². The van der Waals surface area contributed by atoms with Crippen LogP contribution >= 0.6 is 24.0 Å². The van der Waals surface area contributed by atoms with E-state index < -0.39 is 0 Å². The molecule has 154 valence electrons. The average molecular weight is 488 g/mol. The van der Waals surface area contributed by atoms with Crippen LogP contribution in [0.5, 0.6) is 0 Å². The SMILES string of the molecule is CN=C(NCC1CN(CC(C)C)CCO1)NC(C)CCc1ccccc1.I. The molecule has 1 aliphatic rings. The number of benzene rings is 1. The quantitative estimate of drug-likeness (QED) is 0.336. The van der Waals surface area contributed by atoms with Crippen LogP contribution in [0.4, 0.5) is 0 Å². The van der Waals surface area contributed by atoms with Crippen LogP contribution < -0.4 is 10.6 Å². The monoisotopic (exact) mass is 488 g/mol. The van der Waals surface area contributed by atoms with E-state index in [1.165, 1.54) is 5.56 Å². The smallest absolute Gasteiger partial charge is 0.191 e. The lowest BCUT2D eigenvalue weighted by molar-refractivity contribution is -0.0284. The molecule has 0 aromatic heterocycles. The molecule has 1 aromatic rings. The zero-order chi connectivity index (χ0) is 18.8. The van der Waals surface area contributed by atoms with Crippen molar-refractivity contribution in [3.63, 3.8) is 0 Å². The highest BCUT2D eigenvalue weighted by atomic mass is 127. The number of morpholine rings is 1. The van der Waals surface area contributed by atoms with E-state index in [9.17, 15) is 0 Å². The third-order valence-corrected chi connectivity index (χ3v) is 4.66. The van der Waals surface area contributed by atoms with Crippen LogP contribution in [0.25, 0.3) is 0 Å². The molecule has 2 N–H and O–H groups in total. The van der Waals surface area contributed by atoms with Gasteiger partial charge in [0.05, 0.1) is 12.7 Å². The Bertz CT molecular complexity index is 538. The summed E-state index contributed by atoms with van der Waals surface area (Å²) in [5, 5.41) is 6.92. The second-order valence-electron chi connectivity index (χ2n) is 7.67. The summed E-state index contributed by atoms with van der Waals surface area (Å²) in [6, 6.07) is 11.0. The lowest BCUT2D eigenvalue weighted by atomic mass is 10.1. The highest BCUT2D eigenvalue weighted by Crippen LogP contribution is 2.08. The Morgan fingerprint density at radius 1 is 1.26 bits per heavy atom. The summed E-state index contributed by atoms with van der Waals surface area (Å²) >= 11 is 0. The number of rotatable bonds is 8. The molecule has 5 nitrogen and oxygen atoms in total. The van der Waals surface area contributed by atoms with E-state index in [-0.39, 0.29) is 30.1 Å². The number of hydrogen-bond acceptors (Lipinski definition) is 3. The molecule has 1 aromatic carbocycles. The van der Waals surface area contributed by atoms with Gasteiger partial charge in [-0.1, -0.05) is 44.2 Å². The molecule has 0 amide bonds. The zero-order valence-corrected chi connectivity index (χ0v) is 19.6. The number of halogens is 1. The van der Waals surface area contributed by atoms with E-state index in [1.807, 2.05) is 7.05 Å². The summed E-state index contributed by atoms with van der Waals surface area (Å²) in [6.45, 7) is 11.5. The van der Waals surface area contributed by atoms with Gasteiger partial charge >= 0.3 is 0 Å². The Hall–Kier alpha value is -0.860. The zero-order valence-electron chi connectivity index (χ0n) is 17.3. The molecular formula is C21H37IN4O. The van der Waals surface area contributed by atoms with E-state index in [1.54, 1.807) is 0 Å². The van der Waals surface area contributed by atoms with Crippen LogP contribution in [0, 0.1) is 5.92 Å². The minimum Gasteiger partial charge on any atom is -0.374 e. The molecule has 1 fully saturated rings. The van der Waals surface area contributed by atoms with Crippen molar-refractivity contribution in [2.75, 3.05) is 39.8 Å². The van der Waals surface area contributed by atoms with Gasteiger partial charge in [0.25, 0.3) is 0 Å².